The molecule has 0 aromatic heterocycles. The lowest BCUT2D eigenvalue weighted by Gasteiger charge is -2.17. The summed E-state index contributed by atoms with van der Waals surface area (Å²) in [5.74, 6) is -1.77. The van der Waals surface area contributed by atoms with Gasteiger partial charge in [0.25, 0.3) is 0 Å². The Labute approximate surface area is 173 Å². The van der Waals surface area contributed by atoms with Gasteiger partial charge in [0.15, 0.2) is 5.78 Å². The van der Waals surface area contributed by atoms with Gasteiger partial charge >= 0.3 is 5.97 Å². The largest absolute Gasteiger partial charge is 0.507 e. The van der Waals surface area contributed by atoms with Crippen LogP contribution in [0.2, 0.25) is 0 Å². The van der Waals surface area contributed by atoms with Crippen molar-refractivity contribution >= 4 is 23.5 Å². The minimum atomic E-state index is -1.59. The molecule has 1 aromatic rings. The molecule has 9 heteroatoms. The summed E-state index contributed by atoms with van der Waals surface area (Å²) in [6.07, 6.45) is 1.06. The Morgan fingerprint density at radius 1 is 1.17 bits per heavy atom. The Balaban J connectivity index is 2.40. The lowest BCUT2D eigenvalue weighted by atomic mass is 10.0. The molecule has 0 saturated carbocycles. The van der Waals surface area contributed by atoms with E-state index in [0.717, 1.165) is 6.08 Å². The first-order valence-corrected chi connectivity index (χ1v) is 9.56. The van der Waals surface area contributed by atoms with Crippen LogP contribution in [-0.4, -0.2) is 74.9 Å². The van der Waals surface area contributed by atoms with E-state index in [-0.39, 0.29) is 36.3 Å². The lowest BCUT2D eigenvalue weighted by Crippen LogP contribution is -2.32. The van der Waals surface area contributed by atoms with Crippen LogP contribution in [0.15, 0.2) is 30.4 Å². The van der Waals surface area contributed by atoms with Gasteiger partial charge in [-0.05, 0) is 31.1 Å². The minimum Gasteiger partial charge on any atom is -0.507 e. The van der Waals surface area contributed by atoms with Gasteiger partial charge in [-0.2, -0.15) is 0 Å². The van der Waals surface area contributed by atoms with E-state index in [4.69, 9.17) is 9.84 Å². The number of hydrogen-bond acceptors (Lipinski definition) is 9. The van der Waals surface area contributed by atoms with Crippen LogP contribution < -0.4 is 5.32 Å². The van der Waals surface area contributed by atoms with E-state index in [1.807, 2.05) is 0 Å². The molecule has 0 amide bonds. The van der Waals surface area contributed by atoms with Crippen LogP contribution in [0.4, 0.5) is 5.69 Å². The number of rotatable bonds is 4. The molecule has 0 aliphatic carbocycles. The van der Waals surface area contributed by atoms with Gasteiger partial charge in [0.2, 0.25) is 0 Å². The van der Waals surface area contributed by atoms with Crippen LogP contribution in [-0.2, 0) is 9.53 Å². The number of carbonyl (C=O) groups excluding carboxylic acids is 2. The zero-order chi connectivity index (χ0) is 22.3. The third-order valence-corrected chi connectivity index (χ3v) is 4.49. The van der Waals surface area contributed by atoms with E-state index in [2.05, 4.69) is 5.32 Å². The number of aliphatic hydroxyl groups is 4. The molecule has 6 N–H and O–H groups in total. The molecule has 164 valence electrons. The Kier molecular flexibility index (Phi) is 8.55. The van der Waals surface area contributed by atoms with Crippen LogP contribution in [0.25, 0.3) is 6.08 Å². The Morgan fingerprint density at radius 3 is 2.57 bits per heavy atom. The summed E-state index contributed by atoms with van der Waals surface area (Å²) in [5.41, 5.74) is 0.566. The fourth-order valence-electron chi connectivity index (χ4n) is 2.82. The Morgan fingerprint density at radius 2 is 1.87 bits per heavy atom. The highest BCUT2D eigenvalue weighted by molar-refractivity contribution is 5.97. The minimum absolute atomic E-state index is 0.0132. The van der Waals surface area contributed by atoms with Crippen LogP contribution in [0.3, 0.4) is 0 Å². The highest BCUT2D eigenvalue weighted by Gasteiger charge is 2.23. The topological polar surface area (TPSA) is 157 Å². The average Bonchev–Trinajstić information content (AvgIpc) is 2.70. The molecule has 0 radical (unpaired) electrons. The molecule has 1 heterocycles. The average molecular weight is 421 g/mol. The normalized spacial score (nSPS) is 26.1. The van der Waals surface area contributed by atoms with Crippen molar-refractivity contribution in [3.05, 3.63) is 41.5 Å². The van der Waals surface area contributed by atoms with Crippen molar-refractivity contribution in [2.75, 3.05) is 18.5 Å². The first-order valence-electron chi connectivity index (χ1n) is 9.56. The number of esters is 1. The number of nitrogens with one attached hydrogen (secondary N) is 1. The highest BCUT2D eigenvalue weighted by atomic mass is 16.5. The summed E-state index contributed by atoms with van der Waals surface area (Å²) >= 11 is 0. The maximum Gasteiger partial charge on any atom is 0.342 e. The zero-order valence-electron chi connectivity index (χ0n) is 16.6. The second-order valence-electron chi connectivity index (χ2n) is 7.08. The monoisotopic (exact) mass is 421 g/mol. The number of fused-ring (bicyclic) bond motifs is 1. The maximum absolute atomic E-state index is 12.6. The van der Waals surface area contributed by atoms with E-state index < -0.39 is 42.8 Å². The van der Waals surface area contributed by atoms with E-state index in [0.29, 0.717) is 5.69 Å². The molecule has 0 fully saturated rings. The molecule has 9 nitrogen and oxygen atoms in total. The van der Waals surface area contributed by atoms with Gasteiger partial charge in [-0.3, -0.25) is 4.79 Å². The lowest BCUT2D eigenvalue weighted by molar-refractivity contribution is -0.127. The number of aromatic hydroxyl groups is 1. The molecule has 0 saturated heterocycles. The summed E-state index contributed by atoms with van der Waals surface area (Å²) in [6.45, 7) is 1.18. The van der Waals surface area contributed by atoms with Crippen molar-refractivity contribution < 1.29 is 39.9 Å². The number of phenolic OH excluding ortho intramolecular Hbond substituents is 1. The molecule has 30 heavy (non-hydrogen) atoms. The fourth-order valence-corrected chi connectivity index (χ4v) is 2.82. The molecule has 1 aromatic carbocycles. The molecule has 1 unspecified atom stereocenters. The number of carbonyl (C=O) groups is 2. The summed E-state index contributed by atoms with van der Waals surface area (Å²) in [7, 11) is 0. The Hall–Kier alpha value is -2.72. The highest BCUT2D eigenvalue weighted by Crippen LogP contribution is 2.29. The standard InChI is InChI=1S/C21H27NO8/c1-12-4-2-6-16(25)20(28)17(26)7-3-5-13-8-14(22-10-15(24)11-23)9-18(27)19(13)21(29)30-12/h2-3,5-6,8-9,12,15,17,20,22-24,26-28H,4,7,10-11H2,1H3/b5-3+,6-2-/t12-,15?,17-,20+/m0/s1. The molecule has 1 aliphatic heterocycles. The van der Waals surface area contributed by atoms with Gasteiger partial charge in [0.05, 0.1) is 18.8 Å². The van der Waals surface area contributed by atoms with Crippen molar-refractivity contribution in [3.63, 3.8) is 0 Å². The predicted octanol–water partition coefficient (Wildman–Crippen LogP) is 0.357. The summed E-state index contributed by atoms with van der Waals surface area (Å²) in [5, 5.41) is 51.6. The van der Waals surface area contributed by atoms with Crippen LogP contribution >= 0.6 is 0 Å². The molecular weight excluding hydrogens is 394 g/mol. The molecular formula is C21H27NO8. The molecule has 0 spiro atoms. The number of hydrogen-bond donors (Lipinski definition) is 6. The van der Waals surface area contributed by atoms with E-state index >= 15 is 0 Å². The van der Waals surface area contributed by atoms with Crippen molar-refractivity contribution in [2.24, 2.45) is 0 Å². The zero-order valence-corrected chi connectivity index (χ0v) is 16.6. The quantitative estimate of drug-likeness (QED) is 0.378. The SMILES string of the molecule is C[C@H]1C/C=C\C(=O)[C@@H](O)[C@@H](O)C/C=C/c2cc(NCC(O)CO)cc(O)c2C(=O)O1. The van der Waals surface area contributed by atoms with Gasteiger partial charge in [-0.1, -0.05) is 18.2 Å². The van der Waals surface area contributed by atoms with Crippen molar-refractivity contribution in [1.82, 2.24) is 0 Å². The second-order valence-corrected chi connectivity index (χ2v) is 7.08. The van der Waals surface area contributed by atoms with Gasteiger partial charge < -0.3 is 35.6 Å². The molecule has 2 rings (SSSR count). The molecule has 4 atom stereocenters. The maximum atomic E-state index is 12.6. The van der Waals surface area contributed by atoms with Crippen molar-refractivity contribution in [2.45, 2.75) is 44.2 Å². The number of cyclic esters (lactones) is 1. The molecule has 1 aliphatic rings. The number of phenols is 1. The smallest absolute Gasteiger partial charge is 0.342 e. The van der Waals surface area contributed by atoms with Crippen molar-refractivity contribution in [3.8, 4) is 5.75 Å². The first-order chi connectivity index (χ1) is 14.2. The van der Waals surface area contributed by atoms with Gasteiger partial charge in [-0.15, -0.1) is 0 Å². The van der Waals surface area contributed by atoms with Gasteiger partial charge in [-0.25, -0.2) is 4.79 Å². The first kappa shape index (κ1) is 23.6. The third kappa shape index (κ3) is 6.39. The second kappa shape index (κ2) is 10.9. The number of ketones is 1. The van der Waals surface area contributed by atoms with Gasteiger partial charge in [0, 0.05) is 24.7 Å². The Bertz CT molecular complexity index is 819. The van der Waals surface area contributed by atoms with E-state index in [9.17, 15) is 30.0 Å². The summed E-state index contributed by atoms with van der Waals surface area (Å²) in [6, 6.07) is 2.82. The van der Waals surface area contributed by atoms with Crippen LogP contribution in [0.5, 0.6) is 5.75 Å². The summed E-state index contributed by atoms with van der Waals surface area (Å²) < 4.78 is 5.34. The number of ether oxygens (including phenoxy) is 1. The number of anilines is 1. The molecule has 0 bridgehead atoms. The third-order valence-electron chi connectivity index (χ3n) is 4.49. The van der Waals surface area contributed by atoms with Crippen molar-refractivity contribution in [1.29, 1.82) is 0 Å². The van der Waals surface area contributed by atoms with E-state index in [1.165, 1.54) is 30.4 Å². The van der Waals surface area contributed by atoms with E-state index in [1.54, 1.807) is 6.92 Å². The van der Waals surface area contributed by atoms with Crippen LogP contribution in [0, 0.1) is 0 Å². The fraction of sp³-hybridized carbons (Fsp3) is 0.429. The van der Waals surface area contributed by atoms with Crippen LogP contribution in [0.1, 0.15) is 35.7 Å². The van der Waals surface area contributed by atoms with Gasteiger partial charge in [0.1, 0.15) is 23.5 Å². The predicted molar refractivity (Wildman–Crippen MR) is 109 cm³/mol. The number of aliphatic hydroxyl groups excluding tert-OH is 4. The summed E-state index contributed by atoms with van der Waals surface area (Å²) in [4.78, 5) is 24.5. The number of benzene rings is 1.